The van der Waals surface area contributed by atoms with Gasteiger partial charge in [0.15, 0.2) is 5.11 Å². The molecule has 0 aromatic heterocycles. The average molecular weight is 427 g/mol. The van der Waals surface area contributed by atoms with Gasteiger partial charge in [-0.2, -0.15) is 0 Å². The lowest BCUT2D eigenvalue weighted by Gasteiger charge is -2.13. The van der Waals surface area contributed by atoms with Crippen LogP contribution < -0.4 is 20.9 Å². The van der Waals surface area contributed by atoms with Crippen molar-refractivity contribution in [2.24, 2.45) is 0 Å². The molecule has 0 bridgehead atoms. The average Bonchev–Trinajstić information content (AvgIpc) is 2.76. The third-order valence-electron chi connectivity index (χ3n) is 3.55. The Morgan fingerprint density at radius 3 is 2.40 bits per heavy atom. The van der Waals surface area contributed by atoms with E-state index >= 15 is 0 Å². The molecule has 156 valence electrons. The number of ether oxygens (including phenoxy) is 2. The Labute approximate surface area is 179 Å². The molecule has 0 fully saturated rings. The van der Waals surface area contributed by atoms with E-state index in [0.29, 0.717) is 12.4 Å². The van der Waals surface area contributed by atoms with Crippen LogP contribution >= 0.6 is 12.2 Å². The minimum atomic E-state index is -0.651. The van der Waals surface area contributed by atoms with E-state index in [0.717, 1.165) is 17.7 Å². The minimum absolute atomic E-state index is 0.149. The number of hydrazine groups is 1. The normalized spacial score (nSPS) is 10.2. The van der Waals surface area contributed by atoms with Crippen LogP contribution in [-0.4, -0.2) is 29.5 Å². The molecule has 9 heteroatoms. The van der Waals surface area contributed by atoms with Crippen molar-refractivity contribution >= 4 is 35.1 Å². The molecule has 0 unspecified atom stereocenters. The summed E-state index contributed by atoms with van der Waals surface area (Å²) < 4.78 is 10.4. The van der Waals surface area contributed by atoms with Crippen molar-refractivity contribution < 1.29 is 23.9 Å². The lowest BCUT2D eigenvalue weighted by atomic mass is 10.2. The molecule has 2 amide bonds. The number of rotatable bonds is 7. The van der Waals surface area contributed by atoms with Gasteiger partial charge >= 0.3 is 5.97 Å². The maximum atomic E-state index is 12.5. The van der Waals surface area contributed by atoms with Crippen molar-refractivity contribution in [3.63, 3.8) is 0 Å². The topological polar surface area (TPSA) is 106 Å². The van der Waals surface area contributed by atoms with Gasteiger partial charge in [-0.1, -0.05) is 42.5 Å². The number of thiocarbonyl (C=S) groups is 1. The Balaban J connectivity index is 1.86. The molecule has 0 atom stereocenters. The number of carbonyl (C=O) groups excluding carboxylic acids is 3. The molecule has 0 spiro atoms. The number of esters is 1. The van der Waals surface area contributed by atoms with E-state index in [1.807, 2.05) is 30.3 Å². The van der Waals surface area contributed by atoms with Gasteiger partial charge in [0.25, 0.3) is 5.91 Å². The summed E-state index contributed by atoms with van der Waals surface area (Å²) in [5.41, 5.74) is 6.06. The largest absolute Gasteiger partial charge is 0.488 e. The van der Waals surface area contributed by atoms with Crippen LogP contribution in [0, 0.1) is 0 Å². The van der Waals surface area contributed by atoms with Crippen LogP contribution in [-0.2, 0) is 20.9 Å². The number of hydrogen-bond acceptors (Lipinski definition) is 6. The third kappa shape index (κ3) is 7.72. The standard InChI is InChI=1S/C21H21N3O5S/c1-2-28-19(26)13-12-18(25)22-21(30)24-23-20(27)16-10-6-7-11-17(16)29-14-15-8-4-3-5-9-15/h3-13H,2,14H2,1H3,(H,23,27)(H2,22,24,25,30). The van der Waals surface area contributed by atoms with Crippen LogP contribution in [0.1, 0.15) is 22.8 Å². The number of hydrogen-bond donors (Lipinski definition) is 3. The van der Waals surface area contributed by atoms with Gasteiger partial charge in [-0.15, -0.1) is 0 Å². The zero-order valence-electron chi connectivity index (χ0n) is 16.2. The fourth-order valence-electron chi connectivity index (χ4n) is 2.22. The fourth-order valence-corrected chi connectivity index (χ4v) is 2.37. The van der Waals surface area contributed by atoms with Crippen LogP contribution in [0.15, 0.2) is 66.7 Å². The fraction of sp³-hybridized carbons (Fsp3) is 0.143. The second-order valence-electron chi connectivity index (χ2n) is 5.75. The molecule has 2 aromatic rings. The summed E-state index contributed by atoms with van der Waals surface area (Å²) in [5.74, 6) is -1.40. The first-order chi connectivity index (χ1) is 14.5. The van der Waals surface area contributed by atoms with Gasteiger partial charge < -0.3 is 9.47 Å². The zero-order chi connectivity index (χ0) is 21.8. The molecule has 0 aliphatic carbocycles. The quantitative estimate of drug-likeness (QED) is 0.269. The van der Waals surface area contributed by atoms with Gasteiger partial charge in [0.05, 0.1) is 12.2 Å². The number of amides is 2. The van der Waals surface area contributed by atoms with Crippen molar-refractivity contribution in [3.05, 3.63) is 77.9 Å². The molecular weight excluding hydrogens is 406 g/mol. The van der Waals surface area contributed by atoms with Crippen molar-refractivity contribution in [1.82, 2.24) is 16.2 Å². The van der Waals surface area contributed by atoms with Crippen molar-refractivity contribution in [1.29, 1.82) is 0 Å². The van der Waals surface area contributed by atoms with Crippen molar-refractivity contribution in [3.8, 4) is 5.75 Å². The van der Waals surface area contributed by atoms with Gasteiger partial charge in [-0.05, 0) is 36.8 Å². The Hall–Kier alpha value is -3.72. The van der Waals surface area contributed by atoms with Gasteiger partial charge in [0.2, 0.25) is 5.91 Å². The molecule has 0 aliphatic rings. The summed E-state index contributed by atoms with van der Waals surface area (Å²) in [7, 11) is 0. The van der Waals surface area contributed by atoms with Gasteiger partial charge in [0, 0.05) is 12.2 Å². The molecule has 0 radical (unpaired) electrons. The molecule has 8 nitrogen and oxygen atoms in total. The predicted molar refractivity (Wildman–Crippen MR) is 114 cm³/mol. The van der Waals surface area contributed by atoms with Crippen molar-refractivity contribution in [2.45, 2.75) is 13.5 Å². The summed E-state index contributed by atoms with van der Waals surface area (Å²) in [6.45, 7) is 2.16. The van der Waals surface area contributed by atoms with Gasteiger partial charge in [-0.25, -0.2) is 4.79 Å². The molecule has 30 heavy (non-hydrogen) atoms. The second kappa shape index (κ2) is 12.0. The van der Waals surface area contributed by atoms with Gasteiger partial charge in [0.1, 0.15) is 12.4 Å². The molecule has 3 N–H and O–H groups in total. The number of benzene rings is 2. The number of carbonyl (C=O) groups is 3. The second-order valence-corrected chi connectivity index (χ2v) is 6.16. The predicted octanol–water partition coefficient (Wildman–Crippen LogP) is 2.02. The molecule has 2 aromatic carbocycles. The van der Waals surface area contributed by atoms with Crippen LogP contribution in [0.4, 0.5) is 0 Å². The SMILES string of the molecule is CCOC(=O)C=CC(=O)NC(=S)NNC(=O)c1ccccc1OCc1ccccc1. The smallest absolute Gasteiger partial charge is 0.330 e. The molecule has 0 saturated heterocycles. The number of nitrogens with one attached hydrogen (secondary N) is 3. The van der Waals surface area contributed by atoms with Gasteiger partial charge in [-0.3, -0.25) is 25.8 Å². The lowest BCUT2D eigenvalue weighted by molar-refractivity contribution is -0.137. The Kier molecular flexibility index (Phi) is 9.01. The number of para-hydroxylation sites is 1. The first kappa shape index (κ1) is 22.6. The maximum absolute atomic E-state index is 12.5. The summed E-state index contributed by atoms with van der Waals surface area (Å²) in [4.78, 5) is 35.3. The molecule has 0 heterocycles. The Bertz CT molecular complexity index is 931. The van der Waals surface area contributed by atoms with Crippen LogP contribution in [0.5, 0.6) is 5.75 Å². The molecule has 0 saturated carbocycles. The summed E-state index contributed by atoms with van der Waals surface area (Å²) in [6, 6.07) is 16.3. The zero-order valence-corrected chi connectivity index (χ0v) is 17.0. The van der Waals surface area contributed by atoms with E-state index in [4.69, 9.17) is 17.0 Å². The molecule has 2 rings (SSSR count). The van der Waals surface area contributed by atoms with E-state index in [9.17, 15) is 14.4 Å². The van der Waals surface area contributed by atoms with E-state index < -0.39 is 17.8 Å². The maximum Gasteiger partial charge on any atom is 0.330 e. The summed E-state index contributed by atoms with van der Waals surface area (Å²) in [5, 5.41) is 2.14. The minimum Gasteiger partial charge on any atom is -0.488 e. The van der Waals surface area contributed by atoms with E-state index in [1.165, 1.54) is 0 Å². The molecular formula is C21H21N3O5S. The first-order valence-electron chi connectivity index (χ1n) is 9.01. The van der Waals surface area contributed by atoms with E-state index in [1.54, 1.807) is 31.2 Å². The highest BCUT2D eigenvalue weighted by molar-refractivity contribution is 7.80. The first-order valence-corrected chi connectivity index (χ1v) is 9.42. The van der Waals surface area contributed by atoms with Crippen LogP contribution in [0.3, 0.4) is 0 Å². The third-order valence-corrected chi connectivity index (χ3v) is 3.76. The lowest BCUT2D eigenvalue weighted by Crippen LogP contribution is -2.48. The highest BCUT2D eigenvalue weighted by atomic mass is 32.1. The summed E-state index contributed by atoms with van der Waals surface area (Å²) >= 11 is 4.94. The highest BCUT2D eigenvalue weighted by Crippen LogP contribution is 2.19. The Morgan fingerprint density at radius 1 is 0.967 bits per heavy atom. The highest BCUT2D eigenvalue weighted by Gasteiger charge is 2.13. The Morgan fingerprint density at radius 2 is 1.67 bits per heavy atom. The van der Waals surface area contributed by atoms with E-state index in [-0.39, 0.29) is 17.3 Å². The van der Waals surface area contributed by atoms with Crippen LogP contribution in [0.25, 0.3) is 0 Å². The summed E-state index contributed by atoms with van der Waals surface area (Å²) in [6.07, 6.45) is 1.95. The monoisotopic (exact) mass is 427 g/mol. The van der Waals surface area contributed by atoms with E-state index in [2.05, 4.69) is 20.9 Å². The van der Waals surface area contributed by atoms with Crippen molar-refractivity contribution in [2.75, 3.05) is 6.61 Å². The van der Waals surface area contributed by atoms with Crippen LogP contribution in [0.2, 0.25) is 0 Å². The molecule has 0 aliphatic heterocycles.